The van der Waals surface area contributed by atoms with Gasteiger partial charge in [0.1, 0.15) is 0 Å². The van der Waals surface area contributed by atoms with Crippen molar-refractivity contribution in [2.24, 2.45) is 0 Å². The Labute approximate surface area is 112 Å². The number of hydrogen-bond acceptors (Lipinski definition) is 4. The topological polar surface area (TPSA) is 75.1 Å². The summed E-state index contributed by atoms with van der Waals surface area (Å²) in [6.07, 6.45) is 0. The molecule has 0 spiro atoms. The molecule has 92 valence electrons. The molecule has 18 heavy (non-hydrogen) atoms. The number of nitrogens with zero attached hydrogens (tertiary/aromatic N) is 2. The van der Waals surface area contributed by atoms with E-state index in [1.54, 1.807) is 6.07 Å². The standard InChI is InChI=1S/C12H10BrN3O2/c1-7-2-3-8(13)6-10(7)14-11-5-4-9(12(17)18)15-16-11/h2-6H,1H3,(H,14,16)(H,17,18). The van der Waals surface area contributed by atoms with Crippen LogP contribution in [0.1, 0.15) is 16.1 Å². The fraction of sp³-hybridized carbons (Fsp3) is 0.0833. The maximum absolute atomic E-state index is 10.6. The second kappa shape index (κ2) is 5.14. The minimum atomic E-state index is -1.09. The number of hydrogen-bond donors (Lipinski definition) is 2. The van der Waals surface area contributed by atoms with Crippen LogP contribution < -0.4 is 5.32 Å². The quantitative estimate of drug-likeness (QED) is 0.911. The van der Waals surface area contributed by atoms with Gasteiger partial charge in [0.25, 0.3) is 0 Å². The highest BCUT2D eigenvalue weighted by atomic mass is 79.9. The highest BCUT2D eigenvalue weighted by Gasteiger charge is 2.06. The van der Waals surface area contributed by atoms with Gasteiger partial charge in [-0.15, -0.1) is 10.2 Å². The van der Waals surface area contributed by atoms with E-state index in [1.165, 1.54) is 6.07 Å². The van der Waals surface area contributed by atoms with E-state index < -0.39 is 5.97 Å². The molecule has 2 N–H and O–H groups in total. The Hall–Kier alpha value is -1.95. The molecule has 1 aromatic carbocycles. The van der Waals surface area contributed by atoms with Gasteiger partial charge in [0.15, 0.2) is 11.5 Å². The van der Waals surface area contributed by atoms with E-state index in [2.05, 4.69) is 31.4 Å². The van der Waals surface area contributed by atoms with Crippen molar-refractivity contribution in [1.82, 2.24) is 10.2 Å². The first-order valence-electron chi connectivity index (χ1n) is 5.16. The lowest BCUT2D eigenvalue weighted by atomic mass is 10.2. The third kappa shape index (κ3) is 2.84. The zero-order chi connectivity index (χ0) is 13.1. The summed E-state index contributed by atoms with van der Waals surface area (Å²) in [6.45, 7) is 1.97. The highest BCUT2D eigenvalue weighted by molar-refractivity contribution is 9.10. The van der Waals surface area contributed by atoms with Gasteiger partial charge < -0.3 is 10.4 Å². The molecule has 0 aliphatic heterocycles. The second-order valence-corrected chi connectivity index (χ2v) is 4.61. The zero-order valence-electron chi connectivity index (χ0n) is 9.51. The molecule has 6 heteroatoms. The Bertz CT molecular complexity index is 584. The van der Waals surface area contributed by atoms with Gasteiger partial charge in [0.05, 0.1) is 0 Å². The summed E-state index contributed by atoms with van der Waals surface area (Å²) in [5.41, 5.74) is 1.87. The van der Waals surface area contributed by atoms with Crippen LogP contribution in [-0.2, 0) is 0 Å². The lowest BCUT2D eigenvalue weighted by molar-refractivity contribution is 0.0689. The Morgan fingerprint density at radius 3 is 2.67 bits per heavy atom. The smallest absolute Gasteiger partial charge is 0.356 e. The molecule has 0 atom stereocenters. The Kier molecular flexibility index (Phi) is 3.57. The summed E-state index contributed by atoms with van der Waals surface area (Å²) >= 11 is 3.39. The molecule has 1 heterocycles. The van der Waals surface area contributed by atoms with Crippen LogP contribution in [0, 0.1) is 6.92 Å². The van der Waals surface area contributed by atoms with E-state index >= 15 is 0 Å². The number of aromatic carboxylic acids is 1. The molecule has 0 aliphatic rings. The predicted octanol–water partition coefficient (Wildman–Crippen LogP) is 2.99. The van der Waals surface area contributed by atoms with E-state index in [0.717, 1.165) is 15.7 Å². The summed E-state index contributed by atoms with van der Waals surface area (Å²) in [5, 5.41) is 19.2. The number of carboxylic acids is 1. The Morgan fingerprint density at radius 2 is 2.06 bits per heavy atom. The third-order valence-electron chi connectivity index (χ3n) is 2.35. The van der Waals surface area contributed by atoms with Crippen LogP contribution in [-0.4, -0.2) is 21.3 Å². The predicted molar refractivity (Wildman–Crippen MR) is 71.2 cm³/mol. The van der Waals surface area contributed by atoms with Crippen molar-refractivity contribution >= 4 is 33.4 Å². The summed E-state index contributed by atoms with van der Waals surface area (Å²) in [7, 11) is 0. The first kappa shape index (κ1) is 12.5. The monoisotopic (exact) mass is 307 g/mol. The number of aromatic nitrogens is 2. The van der Waals surface area contributed by atoms with E-state index in [0.29, 0.717) is 5.82 Å². The van der Waals surface area contributed by atoms with Gasteiger partial charge in [-0.1, -0.05) is 22.0 Å². The molecule has 0 saturated heterocycles. The number of carbonyl (C=O) groups is 1. The maximum Gasteiger partial charge on any atom is 0.356 e. The lowest BCUT2D eigenvalue weighted by Gasteiger charge is -2.08. The van der Waals surface area contributed by atoms with Crippen molar-refractivity contribution in [1.29, 1.82) is 0 Å². The van der Waals surface area contributed by atoms with Crippen LogP contribution in [0.4, 0.5) is 11.5 Å². The second-order valence-electron chi connectivity index (χ2n) is 3.69. The number of halogens is 1. The maximum atomic E-state index is 10.6. The van der Waals surface area contributed by atoms with Crippen molar-refractivity contribution in [3.8, 4) is 0 Å². The van der Waals surface area contributed by atoms with Crippen LogP contribution in [0.15, 0.2) is 34.8 Å². The van der Waals surface area contributed by atoms with E-state index in [9.17, 15) is 4.79 Å². The van der Waals surface area contributed by atoms with Crippen molar-refractivity contribution in [3.05, 3.63) is 46.1 Å². The molecule has 2 aromatic rings. The molecule has 0 bridgehead atoms. The molecule has 0 radical (unpaired) electrons. The lowest BCUT2D eigenvalue weighted by Crippen LogP contribution is -2.04. The molecule has 0 saturated carbocycles. The van der Waals surface area contributed by atoms with Crippen LogP contribution in [0.3, 0.4) is 0 Å². The van der Waals surface area contributed by atoms with Gasteiger partial charge in [0.2, 0.25) is 0 Å². The molecule has 5 nitrogen and oxygen atoms in total. The number of aryl methyl sites for hydroxylation is 1. The molecule has 0 aliphatic carbocycles. The SMILES string of the molecule is Cc1ccc(Br)cc1Nc1ccc(C(=O)O)nn1. The average Bonchev–Trinajstić information content (AvgIpc) is 2.34. The number of nitrogens with one attached hydrogen (secondary N) is 1. The number of anilines is 2. The van der Waals surface area contributed by atoms with Gasteiger partial charge in [-0.3, -0.25) is 0 Å². The first-order chi connectivity index (χ1) is 8.56. The summed E-state index contributed by atoms with van der Waals surface area (Å²) < 4.78 is 0.950. The molecule has 0 amide bonds. The fourth-order valence-electron chi connectivity index (χ4n) is 1.38. The Balaban J connectivity index is 2.23. The third-order valence-corrected chi connectivity index (χ3v) is 2.84. The molecular formula is C12H10BrN3O2. The van der Waals surface area contributed by atoms with E-state index in [1.807, 2.05) is 25.1 Å². The minimum Gasteiger partial charge on any atom is -0.476 e. The molecular weight excluding hydrogens is 298 g/mol. The van der Waals surface area contributed by atoms with Gasteiger partial charge in [-0.05, 0) is 36.8 Å². The fourth-order valence-corrected chi connectivity index (χ4v) is 1.74. The largest absolute Gasteiger partial charge is 0.476 e. The summed E-state index contributed by atoms with van der Waals surface area (Å²) in [5.74, 6) is -0.589. The van der Waals surface area contributed by atoms with Crippen molar-refractivity contribution < 1.29 is 9.90 Å². The Morgan fingerprint density at radius 1 is 1.28 bits per heavy atom. The molecule has 0 unspecified atom stereocenters. The van der Waals surface area contributed by atoms with E-state index in [4.69, 9.17) is 5.11 Å². The minimum absolute atomic E-state index is 0.0773. The van der Waals surface area contributed by atoms with Gasteiger partial charge >= 0.3 is 5.97 Å². The molecule has 1 aromatic heterocycles. The van der Waals surface area contributed by atoms with Crippen LogP contribution >= 0.6 is 15.9 Å². The van der Waals surface area contributed by atoms with Crippen molar-refractivity contribution in [3.63, 3.8) is 0 Å². The van der Waals surface area contributed by atoms with Crippen molar-refractivity contribution in [2.45, 2.75) is 6.92 Å². The van der Waals surface area contributed by atoms with Gasteiger partial charge in [-0.2, -0.15) is 0 Å². The number of benzene rings is 1. The van der Waals surface area contributed by atoms with E-state index in [-0.39, 0.29) is 5.69 Å². The summed E-state index contributed by atoms with van der Waals surface area (Å²) in [6, 6.07) is 8.81. The molecule has 0 fully saturated rings. The molecule has 2 rings (SSSR count). The van der Waals surface area contributed by atoms with Crippen LogP contribution in [0.5, 0.6) is 0 Å². The van der Waals surface area contributed by atoms with Gasteiger partial charge in [0, 0.05) is 10.2 Å². The number of carboxylic acid groups (broad SMARTS) is 1. The van der Waals surface area contributed by atoms with Crippen LogP contribution in [0.2, 0.25) is 0 Å². The van der Waals surface area contributed by atoms with Crippen LogP contribution in [0.25, 0.3) is 0 Å². The van der Waals surface area contributed by atoms with Gasteiger partial charge in [-0.25, -0.2) is 4.79 Å². The first-order valence-corrected chi connectivity index (χ1v) is 5.96. The zero-order valence-corrected chi connectivity index (χ0v) is 11.1. The number of rotatable bonds is 3. The highest BCUT2D eigenvalue weighted by Crippen LogP contribution is 2.23. The van der Waals surface area contributed by atoms with Crippen molar-refractivity contribution in [2.75, 3.05) is 5.32 Å². The summed E-state index contributed by atoms with van der Waals surface area (Å²) in [4.78, 5) is 10.6. The normalized spacial score (nSPS) is 10.1. The average molecular weight is 308 g/mol.